The first-order chi connectivity index (χ1) is 10.8. The van der Waals surface area contributed by atoms with E-state index in [1.165, 1.54) is 16.9 Å². The van der Waals surface area contributed by atoms with Crippen LogP contribution in [-0.4, -0.2) is 37.3 Å². The molecule has 3 aromatic rings. The maximum Gasteiger partial charge on any atom is 0.422 e. The largest absolute Gasteiger partial charge is 0.480 e. The predicted octanol–water partition coefficient (Wildman–Crippen LogP) is 0.714. The number of H-pyrrole nitrogens is 2. The SMILES string of the molecule is O=c1[nH]cc(-c2cc(OCC(F)(F)F)c3nccn3n2)c(=O)[nH]1. The number of halogens is 3. The van der Waals surface area contributed by atoms with Crippen LogP contribution in [0.4, 0.5) is 13.2 Å². The highest BCUT2D eigenvalue weighted by Gasteiger charge is 2.29. The Morgan fingerprint density at radius 1 is 1.30 bits per heavy atom. The summed E-state index contributed by atoms with van der Waals surface area (Å²) in [5.74, 6) is -0.192. The number of fused-ring (bicyclic) bond motifs is 1. The summed E-state index contributed by atoms with van der Waals surface area (Å²) in [5.41, 5.74) is -1.39. The van der Waals surface area contributed by atoms with E-state index in [0.29, 0.717) is 0 Å². The highest BCUT2D eigenvalue weighted by Crippen LogP contribution is 2.25. The molecule has 0 unspecified atom stereocenters. The molecule has 0 amide bonds. The number of nitrogens with one attached hydrogen (secondary N) is 2. The summed E-state index contributed by atoms with van der Waals surface area (Å²) in [6.45, 7) is -1.51. The third-order valence-corrected chi connectivity index (χ3v) is 2.81. The first kappa shape index (κ1) is 14.8. The van der Waals surface area contributed by atoms with Crippen molar-refractivity contribution in [3.63, 3.8) is 0 Å². The molecule has 3 rings (SSSR count). The number of aromatic nitrogens is 5. The maximum absolute atomic E-state index is 12.3. The molecule has 2 N–H and O–H groups in total. The van der Waals surface area contributed by atoms with Crippen molar-refractivity contribution in [1.82, 2.24) is 24.6 Å². The molecule has 8 nitrogen and oxygen atoms in total. The van der Waals surface area contributed by atoms with E-state index < -0.39 is 24.0 Å². The van der Waals surface area contributed by atoms with Gasteiger partial charge in [-0.15, -0.1) is 0 Å². The summed E-state index contributed by atoms with van der Waals surface area (Å²) in [7, 11) is 0. The van der Waals surface area contributed by atoms with E-state index >= 15 is 0 Å². The van der Waals surface area contributed by atoms with Crippen LogP contribution in [0.2, 0.25) is 0 Å². The minimum Gasteiger partial charge on any atom is -0.480 e. The molecule has 0 aromatic carbocycles. The van der Waals surface area contributed by atoms with Gasteiger partial charge in [0.2, 0.25) is 0 Å². The van der Waals surface area contributed by atoms with E-state index in [0.717, 1.165) is 12.3 Å². The van der Waals surface area contributed by atoms with Gasteiger partial charge in [0.05, 0.1) is 5.56 Å². The van der Waals surface area contributed by atoms with Gasteiger partial charge in [0.1, 0.15) is 5.69 Å². The quantitative estimate of drug-likeness (QED) is 0.737. The monoisotopic (exact) mass is 327 g/mol. The minimum absolute atomic E-state index is 0.0187. The smallest absolute Gasteiger partial charge is 0.422 e. The van der Waals surface area contributed by atoms with E-state index in [2.05, 4.69) is 15.1 Å². The van der Waals surface area contributed by atoms with Gasteiger partial charge < -0.3 is 9.72 Å². The molecule has 23 heavy (non-hydrogen) atoms. The molecule has 11 heteroatoms. The molecule has 0 bridgehead atoms. The second-order valence-corrected chi connectivity index (χ2v) is 4.48. The first-order valence-electron chi connectivity index (χ1n) is 6.20. The number of ether oxygens (including phenoxy) is 1. The van der Waals surface area contributed by atoms with Crippen LogP contribution in [0.5, 0.6) is 5.75 Å². The average Bonchev–Trinajstić information content (AvgIpc) is 2.92. The van der Waals surface area contributed by atoms with Crippen molar-refractivity contribution in [2.45, 2.75) is 6.18 Å². The molecular formula is C12H8F3N5O3. The number of hydrogen-bond donors (Lipinski definition) is 2. The first-order valence-corrected chi connectivity index (χ1v) is 6.20. The summed E-state index contributed by atoms with van der Waals surface area (Å²) < 4.78 is 42.9. The lowest BCUT2D eigenvalue weighted by Gasteiger charge is -2.11. The molecule has 0 aliphatic rings. The zero-order valence-corrected chi connectivity index (χ0v) is 11.2. The predicted molar refractivity (Wildman–Crippen MR) is 71.2 cm³/mol. The van der Waals surface area contributed by atoms with Crippen molar-refractivity contribution in [1.29, 1.82) is 0 Å². The van der Waals surface area contributed by atoms with Gasteiger partial charge in [-0.2, -0.15) is 18.3 Å². The Labute approximate surface area is 124 Å². The summed E-state index contributed by atoms with van der Waals surface area (Å²) in [4.78, 5) is 30.9. The molecule has 3 heterocycles. The molecule has 0 spiro atoms. The Morgan fingerprint density at radius 3 is 2.78 bits per heavy atom. The van der Waals surface area contributed by atoms with Crippen LogP contribution in [0.25, 0.3) is 16.9 Å². The number of aromatic amines is 2. The summed E-state index contributed by atoms with van der Waals surface area (Å²) >= 11 is 0. The van der Waals surface area contributed by atoms with Crippen LogP contribution in [0.1, 0.15) is 0 Å². The Morgan fingerprint density at radius 2 is 2.09 bits per heavy atom. The van der Waals surface area contributed by atoms with E-state index in [9.17, 15) is 22.8 Å². The lowest BCUT2D eigenvalue weighted by molar-refractivity contribution is -0.153. The molecule has 0 atom stereocenters. The second-order valence-electron chi connectivity index (χ2n) is 4.48. The maximum atomic E-state index is 12.3. The van der Waals surface area contributed by atoms with Crippen molar-refractivity contribution in [3.8, 4) is 17.0 Å². The summed E-state index contributed by atoms with van der Waals surface area (Å²) in [5, 5.41) is 4.05. The van der Waals surface area contributed by atoms with Gasteiger partial charge in [0, 0.05) is 24.7 Å². The lowest BCUT2D eigenvalue weighted by atomic mass is 10.2. The zero-order valence-electron chi connectivity index (χ0n) is 11.2. The molecule has 0 saturated heterocycles. The molecule has 0 aliphatic heterocycles. The Hall–Kier alpha value is -3.11. The standard InChI is InChI=1S/C12H8F3N5O3/c13-12(14,15)5-23-8-3-7(19-20-2-1-16-9(8)20)6-4-17-11(22)18-10(6)21/h1-4H,5H2,(H2,17,18,21,22). The van der Waals surface area contributed by atoms with Gasteiger partial charge in [0.25, 0.3) is 5.56 Å². The third-order valence-electron chi connectivity index (χ3n) is 2.81. The molecule has 3 aromatic heterocycles. The fourth-order valence-corrected chi connectivity index (χ4v) is 1.89. The highest BCUT2D eigenvalue weighted by molar-refractivity contribution is 5.64. The molecule has 0 aliphatic carbocycles. The van der Waals surface area contributed by atoms with Gasteiger partial charge in [-0.25, -0.2) is 14.3 Å². The number of hydrogen-bond acceptors (Lipinski definition) is 5. The Bertz CT molecular complexity index is 972. The number of alkyl halides is 3. The van der Waals surface area contributed by atoms with Gasteiger partial charge in [-0.1, -0.05) is 0 Å². The Balaban J connectivity index is 2.11. The van der Waals surface area contributed by atoms with Crippen LogP contribution in [-0.2, 0) is 0 Å². The molecule has 0 radical (unpaired) electrons. The molecular weight excluding hydrogens is 319 g/mol. The van der Waals surface area contributed by atoms with Gasteiger partial charge in [-0.05, 0) is 0 Å². The molecule has 0 saturated carbocycles. The van der Waals surface area contributed by atoms with Crippen LogP contribution in [0.15, 0.2) is 34.2 Å². The van der Waals surface area contributed by atoms with Gasteiger partial charge >= 0.3 is 11.9 Å². The zero-order chi connectivity index (χ0) is 16.6. The van der Waals surface area contributed by atoms with Gasteiger partial charge in [-0.3, -0.25) is 9.78 Å². The highest BCUT2D eigenvalue weighted by atomic mass is 19.4. The van der Waals surface area contributed by atoms with Crippen molar-refractivity contribution < 1.29 is 17.9 Å². The summed E-state index contributed by atoms with van der Waals surface area (Å²) in [6, 6.07) is 1.15. The fourth-order valence-electron chi connectivity index (χ4n) is 1.89. The van der Waals surface area contributed by atoms with Crippen LogP contribution in [0.3, 0.4) is 0 Å². The Kier molecular flexibility index (Phi) is 3.39. The number of imidazole rings is 1. The average molecular weight is 327 g/mol. The fraction of sp³-hybridized carbons (Fsp3) is 0.167. The van der Waals surface area contributed by atoms with Crippen molar-refractivity contribution >= 4 is 5.65 Å². The summed E-state index contributed by atoms with van der Waals surface area (Å²) in [6.07, 6.45) is -0.703. The van der Waals surface area contributed by atoms with Gasteiger partial charge in [0.15, 0.2) is 18.0 Å². The number of nitrogens with zero attached hydrogens (tertiary/aromatic N) is 3. The van der Waals surface area contributed by atoms with Crippen LogP contribution in [0, 0.1) is 0 Å². The number of rotatable bonds is 3. The van der Waals surface area contributed by atoms with Crippen LogP contribution >= 0.6 is 0 Å². The van der Waals surface area contributed by atoms with Crippen LogP contribution < -0.4 is 16.0 Å². The topological polar surface area (TPSA) is 105 Å². The van der Waals surface area contributed by atoms with Crippen molar-refractivity contribution in [2.75, 3.05) is 6.61 Å². The molecule has 0 fully saturated rings. The normalized spacial score (nSPS) is 11.8. The van der Waals surface area contributed by atoms with Crippen molar-refractivity contribution in [2.24, 2.45) is 0 Å². The van der Waals surface area contributed by atoms with Crippen molar-refractivity contribution in [3.05, 3.63) is 45.5 Å². The van der Waals surface area contributed by atoms with E-state index in [1.54, 1.807) is 0 Å². The van der Waals surface area contributed by atoms with E-state index in [4.69, 9.17) is 4.74 Å². The van der Waals surface area contributed by atoms with E-state index in [-0.39, 0.29) is 22.7 Å². The lowest BCUT2D eigenvalue weighted by Crippen LogP contribution is -2.23. The van der Waals surface area contributed by atoms with E-state index in [1.807, 2.05) is 4.98 Å². The molecule has 120 valence electrons. The minimum atomic E-state index is -4.53. The second kappa shape index (κ2) is 5.26. The third kappa shape index (κ3) is 3.07.